The molecule has 28 heavy (non-hydrogen) atoms. The van der Waals surface area contributed by atoms with Crippen LogP contribution < -0.4 is 16.4 Å². The van der Waals surface area contributed by atoms with E-state index < -0.39 is 12.1 Å². The molecule has 6 heteroatoms. The second-order valence-corrected chi connectivity index (χ2v) is 7.14. The van der Waals surface area contributed by atoms with Gasteiger partial charge in [0.2, 0.25) is 5.91 Å². The van der Waals surface area contributed by atoms with Gasteiger partial charge >= 0.3 is 6.03 Å². The van der Waals surface area contributed by atoms with Crippen molar-refractivity contribution >= 4 is 11.9 Å². The Morgan fingerprint density at radius 1 is 1.07 bits per heavy atom. The molecule has 0 aliphatic rings. The van der Waals surface area contributed by atoms with Crippen LogP contribution in [0.15, 0.2) is 48.5 Å². The van der Waals surface area contributed by atoms with E-state index in [1.165, 1.54) is 0 Å². The Hall–Kier alpha value is -2.86. The Morgan fingerprint density at radius 3 is 2.46 bits per heavy atom. The van der Waals surface area contributed by atoms with Gasteiger partial charge < -0.3 is 21.1 Å². The molecule has 0 heterocycles. The summed E-state index contributed by atoms with van der Waals surface area (Å²) in [5.74, 6) is -0.163. The number of carbonyl (C=O) groups is 2. The lowest BCUT2D eigenvalue weighted by Gasteiger charge is -2.18. The smallest absolute Gasteiger partial charge is 0.312 e. The first kappa shape index (κ1) is 21.4. The summed E-state index contributed by atoms with van der Waals surface area (Å²) in [7, 11) is 0. The molecule has 2 rings (SSSR count). The van der Waals surface area contributed by atoms with E-state index in [4.69, 9.17) is 10.5 Å². The molecule has 2 aromatic carbocycles. The fourth-order valence-electron chi connectivity index (χ4n) is 2.86. The van der Waals surface area contributed by atoms with Crippen LogP contribution in [0.2, 0.25) is 0 Å². The third-order valence-electron chi connectivity index (χ3n) is 4.21. The van der Waals surface area contributed by atoms with E-state index >= 15 is 0 Å². The zero-order chi connectivity index (χ0) is 20.5. The summed E-state index contributed by atoms with van der Waals surface area (Å²) in [4.78, 5) is 23.8. The van der Waals surface area contributed by atoms with E-state index in [1.807, 2.05) is 69.3 Å². The van der Waals surface area contributed by atoms with E-state index in [9.17, 15) is 9.59 Å². The van der Waals surface area contributed by atoms with Gasteiger partial charge in [-0.25, -0.2) is 4.79 Å². The number of nitrogens with two attached hydrogens (primary N) is 1. The fourth-order valence-corrected chi connectivity index (χ4v) is 2.86. The minimum absolute atomic E-state index is 0.114. The second-order valence-electron chi connectivity index (χ2n) is 7.14. The molecule has 0 saturated carbocycles. The topological polar surface area (TPSA) is 93.4 Å². The summed E-state index contributed by atoms with van der Waals surface area (Å²) in [5, 5.41) is 5.56. The molecule has 0 radical (unpaired) electrons. The second kappa shape index (κ2) is 10.5. The molecule has 0 bridgehead atoms. The molecule has 6 nitrogen and oxygen atoms in total. The number of primary amides is 1. The summed E-state index contributed by atoms with van der Waals surface area (Å²) < 4.78 is 5.62. The number of carbonyl (C=O) groups excluding carboxylic acids is 2. The van der Waals surface area contributed by atoms with Crippen molar-refractivity contribution in [3.8, 4) is 0 Å². The van der Waals surface area contributed by atoms with Crippen LogP contribution in [0.4, 0.5) is 4.79 Å². The van der Waals surface area contributed by atoms with Crippen LogP contribution in [-0.2, 0) is 22.7 Å². The van der Waals surface area contributed by atoms with Crippen LogP contribution in [0.1, 0.15) is 48.6 Å². The highest BCUT2D eigenvalue weighted by Gasteiger charge is 2.17. The highest BCUT2D eigenvalue weighted by atomic mass is 16.5. The van der Waals surface area contributed by atoms with Gasteiger partial charge in [-0.3, -0.25) is 4.79 Å². The standard InChI is InChI=1S/C22H29N3O3/c1-15(2)28-14-18-8-5-7-17(11-18)13-24-21(26)12-20(25-22(23)27)19-9-4-6-16(3)10-19/h4-11,15,20H,12-14H2,1-3H3,(H,24,26)(H3,23,25,27). The molecule has 2 aromatic rings. The molecular formula is C22H29N3O3. The van der Waals surface area contributed by atoms with Gasteiger partial charge in [0.1, 0.15) is 0 Å². The zero-order valence-electron chi connectivity index (χ0n) is 16.7. The van der Waals surface area contributed by atoms with Crippen molar-refractivity contribution in [2.45, 2.75) is 52.5 Å². The minimum Gasteiger partial charge on any atom is -0.374 e. The number of aryl methyl sites for hydroxylation is 1. The lowest BCUT2D eigenvalue weighted by atomic mass is 10.0. The first-order chi connectivity index (χ1) is 13.3. The van der Waals surface area contributed by atoms with E-state index in [0.29, 0.717) is 13.2 Å². The maximum Gasteiger partial charge on any atom is 0.312 e. The lowest BCUT2D eigenvalue weighted by Crippen LogP contribution is -2.36. The predicted molar refractivity (Wildman–Crippen MR) is 109 cm³/mol. The Kier molecular flexibility index (Phi) is 8.02. The number of urea groups is 1. The molecule has 0 aliphatic carbocycles. The van der Waals surface area contributed by atoms with Gasteiger partial charge in [-0.15, -0.1) is 0 Å². The zero-order valence-corrected chi connectivity index (χ0v) is 16.7. The molecular weight excluding hydrogens is 354 g/mol. The maximum absolute atomic E-state index is 12.4. The molecule has 150 valence electrons. The number of hydrogen-bond acceptors (Lipinski definition) is 3. The molecule has 4 N–H and O–H groups in total. The molecule has 0 aromatic heterocycles. The quantitative estimate of drug-likeness (QED) is 0.620. The molecule has 0 fully saturated rings. The van der Waals surface area contributed by atoms with Gasteiger partial charge in [0.05, 0.1) is 25.2 Å². The van der Waals surface area contributed by atoms with Gasteiger partial charge in [-0.2, -0.15) is 0 Å². The first-order valence-corrected chi connectivity index (χ1v) is 9.42. The fraction of sp³-hybridized carbons (Fsp3) is 0.364. The Labute approximate surface area is 166 Å². The summed E-state index contributed by atoms with van der Waals surface area (Å²) in [6.07, 6.45) is 0.280. The van der Waals surface area contributed by atoms with E-state index in [2.05, 4.69) is 10.6 Å². The number of hydrogen-bond donors (Lipinski definition) is 3. The van der Waals surface area contributed by atoms with Crippen LogP contribution in [0.25, 0.3) is 0 Å². The summed E-state index contributed by atoms with van der Waals surface area (Å²) in [6.45, 7) is 6.90. The van der Waals surface area contributed by atoms with Crippen LogP contribution in [0, 0.1) is 6.92 Å². The number of amides is 3. The Balaban J connectivity index is 1.95. The van der Waals surface area contributed by atoms with Crippen LogP contribution >= 0.6 is 0 Å². The highest BCUT2D eigenvalue weighted by Crippen LogP contribution is 2.18. The molecule has 1 unspecified atom stereocenters. The highest BCUT2D eigenvalue weighted by molar-refractivity contribution is 5.78. The molecule has 0 aliphatic heterocycles. The molecule has 1 atom stereocenters. The van der Waals surface area contributed by atoms with Gasteiger partial charge in [-0.05, 0) is 37.5 Å². The van der Waals surface area contributed by atoms with Crippen molar-refractivity contribution in [3.63, 3.8) is 0 Å². The predicted octanol–water partition coefficient (Wildman–Crippen LogP) is 3.34. The number of benzene rings is 2. The molecule has 3 amide bonds. The average molecular weight is 383 g/mol. The van der Waals surface area contributed by atoms with Gasteiger partial charge in [0.15, 0.2) is 0 Å². The van der Waals surface area contributed by atoms with Gasteiger partial charge in [0.25, 0.3) is 0 Å². The normalized spacial score (nSPS) is 11.9. The summed E-state index contributed by atoms with van der Waals surface area (Å²) >= 11 is 0. The third kappa shape index (κ3) is 7.40. The minimum atomic E-state index is -0.655. The van der Waals surface area contributed by atoms with Crippen molar-refractivity contribution in [2.75, 3.05) is 0 Å². The van der Waals surface area contributed by atoms with Gasteiger partial charge in [-0.1, -0.05) is 54.1 Å². The first-order valence-electron chi connectivity index (χ1n) is 9.42. The third-order valence-corrected chi connectivity index (χ3v) is 4.21. The van der Waals surface area contributed by atoms with Crippen molar-refractivity contribution in [2.24, 2.45) is 5.73 Å². The van der Waals surface area contributed by atoms with E-state index in [0.717, 1.165) is 22.3 Å². The maximum atomic E-state index is 12.4. The largest absolute Gasteiger partial charge is 0.374 e. The number of nitrogens with one attached hydrogen (secondary N) is 2. The van der Waals surface area contributed by atoms with Crippen LogP contribution in [-0.4, -0.2) is 18.0 Å². The monoisotopic (exact) mass is 383 g/mol. The van der Waals surface area contributed by atoms with Gasteiger partial charge in [0, 0.05) is 6.54 Å². The van der Waals surface area contributed by atoms with Crippen molar-refractivity contribution in [3.05, 3.63) is 70.8 Å². The number of ether oxygens (including phenoxy) is 1. The number of rotatable bonds is 9. The lowest BCUT2D eigenvalue weighted by molar-refractivity contribution is -0.121. The average Bonchev–Trinajstić information content (AvgIpc) is 2.64. The SMILES string of the molecule is Cc1cccc(C(CC(=O)NCc2cccc(COC(C)C)c2)NC(N)=O)c1. The van der Waals surface area contributed by atoms with Crippen molar-refractivity contribution in [1.29, 1.82) is 0 Å². The summed E-state index contributed by atoms with van der Waals surface area (Å²) in [6, 6.07) is 14.5. The molecule has 0 spiro atoms. The van der Waals surface area contributed by atoms with E-state index in [-0.39, 0.29) is 18.4 Å². The Bertz CT molecular complexity index is 805. The van der Waals surface area contributed by atoms with Crippen LogP contribution in [0.5, 0.6) is 0 Å². The van der Waals surface area contributed by atoms with Crippen LogP contribution in [0.3, 0.4) is 0 Å². The summed E-state index contributed by atoms with van der Waals surface area (Å²) in [5.41, 5.74) is 9.24. The Morgan fingerprint density at radius 2 is 1.79 bits per heavy atom. The van der Waals surface area contributed by atoms with Crippen molar-refractivity contribution < 1.29 is 14.3 Å². The molecule has 0 saturated heterocycles. The van der Waals surface area contributed by atoms with E-state index in [1.54, 1.807) is 0 Å². The van der Waals surface area contributed by atoms with Crippen molar-refractivity contribution in [1.82, 2.24) is 10.6 Å².